The average Bonchev–Trinajstić information content (AvgIpc) is 2.83. The van der Waals surface area contributed by atoms with Gasteiger partial charge in [-0.3, -0.25) is 14.2 Å². The molecule has 1 N–H and O–H groups in total. The SMILES string of the molecule is CCOC(=O)N1CCc2c(nc(-c3ccc(F)cc3)n(CC(=O)Nc3ccc(C)cc3F)c2=O)C1. The first-order chi connectivity index (χ1) is 16.8. The molecule has 0 saturated carbocycles. The number of nitrogens with one attached hydrogen (secondary N) is 1. The van der Waals surface area contributed by atoms with Crippen molar-refractivity contribution in [2.75, 3.05) is 18.5 Å². The van der Waals surface area contributed by atoms with Gasteiger partial charge in [0.05, 0.1) is 24.5 Å². The molecule has 0 atom stereocenters. The Hall–Kier alpha value is -4.08. The summed E-state index contributed by atoms with van der Waals surface area (Å²) in [5.41, 5.74) is 1.42. The van der Waals surface area contributed by atoms with Crippen LogP contribution in [0.1, 0.15) is 23.7 Å². The molecule has 2 aromatic carbocycles. The number of hydrogen-bond donors (Lipinski definition) is 1. The number of aryl methyl sites for hydroxylation is 1. The zero-order chi connectivity index (χ0) is 25.1. The Morgan fingerprint density at radius 2 is 1.89 bits per heavy atom. The van der Waals surface area contributed by atoms with Gasteiger partial charge in [-0.2, -0.15) is 0 Å². The van der Waals surface area contributed by atoms with Crippen LogP contribution in [0.4, 0.5) is 19.3 Å². The van der Waals surface area contributed by atoms with Crippen LogP contribution in [-0.2, 0) is 29.0 Å². The number of carbonyl (C=O) groups excluding carboxylic acids is 2. The molecule has 1 aliphatic rings. The van der Waals surface area contributed by atoms with E-state index in [2.05, 4.69) is 10.3 Å². The molecule has 0 bridgehead atoms. The summed E-state index contributed by atoms with van der Waals surface area (Å²) in [5, 5.41) is 2.49. The number of anilines is 1. The van der Waals surface area contributed by atoms with Gasteiger partial charge in [-0.1, -0.05) is 6.07 Å². The second kappa shape index (κ2) is 10.0. The molecule has 3 aromatic rings. The molecule has 1 aliphatic heterocycles. The number of halogens is 2. The first kappa shape index (κ1) is 24.1. The maximum atomic E-state index is 14.2. The molecular formula is C25H24F2N4O4. The maximum Gasteiger partial charge on any atom is 0.410 e. The van der Waals surface area contributed by atoms with Gasteiger partial charge in [-0.05, 0) is 62.2 Å². The number of nitrogens with zero attached hydrogens (tertiary/aromatic N) is 3. The third kappa shape index (κ3) is 5.21. The molecular weight excluding hydrogens is 458 g/mol. The minimum absolute atomic E-state index is 0.00650. The Morgan fingerprint density at radius 3 is 2.57 bits per heavy atom. The van der Waals surface area contributed by atoms with E-state index in [1.54, 1.807) is 19.9 Å². The predicted molar refractivity (Wildman–Crippen MR) is 125 cm³/mol. The van der Waals surface area contributed by atoms with Crippen LogP contribution in [-0.4, -0.2) is 39.6 Å². The van der Waals surface area contributed by atoms with Crippen molar-refractivity contribution in [1.29, 1.82) is 0 Å². The number of amides is 2. The molecule has 0 spiro atoms. The number of carbonyl (C=O) groups is 2. The predicted octanol–water partition coefficient (Wildman–Crippen LogP) is 3.65. The van der Waals surface area contributed by atoms with E-state index in [4.69, 9.17) is 4.74 Å². The highest BCUT2D eigenvalue weighted by atomic mass is 19.1. The van der Waals surface area contributed by atoms with Crippen molar-refractivity contribution in [3.05, 3.63) is 81.3 Å². The normalized spacial score (nSPS) is 12.7. The van der Waals surface area contributed by atoms with Crippen LogP contribution < -0.4 is 10.9 Å². The number of benzene rings is 2. The lowest BCUT2D eigenvalue weighted by Crippen LogP contribution is -2.42. The summed E-state index contributed by atoms with van der Waals surface area (Å²) in [6, 6.07) is 9.73. The number of fused-ring (bicyclic) bond motifs is 1. The number of ether oxygens (including phenoxy) is 1. The van der Waals surface area contributed by atoms with Crippen molar-refractivity contribution < 1.29 is 23.1 Å². The molecule has 0 fully saturated rings. The molecule has 1 aromatic heterocycles. The van der Waals surface area contributed by atoms with E-state index in [1.807, 2.05) is 0 Å². The maximum absolute atomic E-state index is 14.2. The highest BCUT2D eigenvalue weighted by molar-refractivity contribution is 5.91. The van der Waals surface area contributed by atoms with Gasteiger partial charge < -0.3 is 15.0 Å². The molecule has 10 heteroatoms. The van der Waals surface area contributed by atoms with E-state index >= 15 is 0 Å². The molecule has 0 aliphatic carbocycles. The summed E-state index contributed by atoms with van der Waals surface area (Å²) in [4.78, 5) is 44.5. The summed E-state index contributed by atoms with van der Waals surface area (Å²) >= 11 is 0. The van der Waals surface area contributed by atoms with Gasteiger partial charge in [0.1, 0.15) is 24.0 Å². The summed E-state index contributed by atoms with van der Waals surface area (Å²) in [6.45, 7) is 3.55. The number of hydrogen-bond acceptors (Lipinski definition) is 5. The van der Waals surface area contributed by atoms with E-state index in [1.165, 1.54) is 45.9 Å². The van der Waals surface area contributed by atoms with Gasteiger partial charge in [0.15, 0.2) is 0 Å². The zero-order valence-corrected chi connectivity index (χ0v) is 19.3. The van der Waals surface area contributed by atoms with E-state index in [0.29, 0.717) is 22.4 Å². The Balaban J connectivity index is 1.71. The molecule has 0 radical (unpaired) electrons. The third-order valence-corrected chi connectivity index (χ3v) is 5.65. The van der Waals surface area contributed by atoms with Gasteiger partial charge in [0.25, 0.3) is 5.56 Å². The van der Waals surface area contributed by atoms with Gasteiger partial charge in [0, 0.05) is 17.7 Å². The first-order valence-corrected chi connectivity index (χ1v) is 11.1. The average molecular weight is 482 g/mol. The molecule has 2 heterocycles. The van der Waals surface area contributed by atoms with Crippen LogP contribution in [0.25, 0.3) is 11.4 Å². The van der Waals surface area contributed by atoms with Gasteiger partial charge >= 0.3 is 6.09 Å². The number of rotatable bonds is 5. The fourth-order valence-electron chi connectivity index (χ4n) is 3.92. The van der Waals surface area contributed by atoms with Gasteiger partial charge in [0.2, 0.25) is 5.91 Å². The van der Waals surface area contributed by atoms with E-state index in [9.17, 15) is 23.2 Å². The van der Waals surface area contributed by atoms with Gasteiger partial charge in [-0.15, -0.1) is 0 Å². The van der Waals surface area contributed by atoms with Crippen molar-refractivity contribution >= 4 is 17.7 Å². The lowest BCUT2D eigenvalue weighted by Gasteiger charge is -2.28. The largest absolute Gasteiger partial charge is 0.450 e. The van der Waals surface area contributed by atoms with Crippen molar-refractivity contribution in [3.8, 4) is 11.4 Å². The first-order valence-electron chi connectivity index (χ1n) is 11.1. The van der Waals surface area contributed by atoms with E-state index in [-0.39, 0.29) is 37.6 Å². The Bertz CT molecular complexity index is 1340. The molecule has 0 unspecified atom stereocenters. The second-order valence-electron chi connectivity index (χ2n) is 8.16. The molecule has 182 valence electrons. The fourth-order valence-corrected chi connectivity index (χ4v) is 3.92. The quantitative estimate of drug-likeness (QED) is 0.599. The minimum Gasteiger partial charge on any atom is -0.450 e. The van der Waals surface area contributed by atoms with Crippen LogP contribution in [0.3, 0.4) is 0 Å². The summed E-state index contributed by atoms with van der Waals surface area (Å²) in [5.74, 6) is -1.54. The molecule has 8 nitrogen and oxygen atoms in total. The zero-order valence-electron chi connectivity index (χ0n) is 19.3. The topological polar surface area (TPSA) is 93.5 Å². The van der Waals surface area contributed by atoms with Crippen molar-refractivity contribution in [3.63, 3.8) is 0 Å². The second-order valence-corrected chi connectivity index (χ2v) is 8.16. The lowest BCUT2D eigenvalue weighted by molar-refractivity contribution is -0.116. The fraction of sp³-hybridized carbons (Fsp3) is 0.280. The van der Waals surface area contributed by atoms with Crippen molar-refractivity contribution in [1.82, 2.24) is 14.5 Å². The molecule has 35 heavy (non-hydrogen) atoms. The molecule has 0 saturated heterocycles. The summed E-state index contributed by atoms with van der Waals surface area (Å²) in [6.07, 6.45) is -0.273. The van der Waals surface area contributed by atoms with E-state index in [0.717, 1.165) is 0 Å². The van der Waals surface area contributed by atoms with Crippen molar-refractivity contribution in [2.45, 2.75) is 33.4 Å². The Morgan fingerprint density at radius 1 is 1.14 bits per heavy atom. The Labute approximate surface area is 200 Å². The van der Waals surface area contributed by atoms with Crippen LogP contribution >= 0.6 is 0 Å². The van der Waals surface area contributed by atoms with Crippen LogP contribution in [0.5, 0.6) is 0 Å². The smallest absolute Gasteiger partial charge is 0.410 e. The monoisotopic (exact) mass is 482 g/mol. The highest BCUT2D eigenvalue weighted by Gasteiger charge is 2.27. The molecule has 2 amide bonds. The standard InChI is InChI=1S/C25H24F2N4O4/c1-3-35-25(34)30-11-10-18-21(13-30)29-23(16-5-7-17(26)8-6-16)31(24(18)33)14-22(32)28-20-9-4-15(2)12-19(20)27/h4-9,12H,3,10-11,13-14H2,1-2H3,(H,28,32). The summed E-state index contributed by atoms with van der Waals surface area (Å²) < 4.78 is 34.0. The van der Waals surface area contributed by atoms with Crippen LogP contribution in [0.15, 0.2) is 47.3 Å². The lowest BCUT2D eigenvalue weighted by atomic mass is 10.1. The van der Waals surface area contributed by atoms with Crippen LogP contribution in [0.2, 0.25) is 0 Å². The van der Waals surface area contributed by atoms with Gasteiger partial charge in [-0.25, -0.2) is 18.6 Å². The highest BCUT2D eigenvalue weighted by Crippen LogP contribution is 2.22. The van der Waals surface area contributed by atoms with Crippen LogP contribution in [0, 0.1) is 18.6 Å². The van der Waals surface area contributed by atoms with Crippen molar-refractivity contribution in [2.24, 2.45) is 0 Å². The minimum atomic E-state index is -0.621. The molecule has 4 rings (SSSR count). The number of aromatic nitrogens is 2. The summed E-state index contributed by atoms with van der Waals surface area (Å²) in [7, 11) is 0. The Kier molecular flexibility index (Phi) is 6.90. The third-order valence-electron chi connectivity index (χ3n) is 5.65. The van der Waals surface area contributed by atoms with E-state index < -0.39 is 35.7 Å².